The van der Waals surface area contributed by atoms with Crippen molar-refractivity contribution >= 4 is 21.8 Å². The van der Waals surface area contributed by atoms with E-state index in [4.69, 9.17) is 0 Å². The number of sulfonamides is 1. The number of nitrogens with one attached hydrogen (secondary N) is 2. The lowest BCUT2D eigenvalue weighted by Crippen LogP contribution is -2.44. The Morgan fingerprint density at radius 1 is 1.36 bits per heavy atom. The van der Waals surface area contributed by atoms with Crippen molar-refractivity contribution in [3.05, 3.63) is 29.8 Å². The van der Waals surface area contributed by atoms with E-state index in [0.717, 1.165) is 0 Å². The number of hydrogen-bond acceptors (Lipinski definition) is 5. The fourth-order valence-corrected chi connectivity index (χ4v) is 4.03. The predicted octanol–water partition coefficient (Wildman–Crippen LogP) is -0.408. The van der Waals surface area contributed by atoms with Crippen molar-refractivity contribution in [1.82, 2.24) is 19.9 Å². The quantitative estimate of drug-likeness (QED) is 0.660. The Kier molecular flexibility index (Phi) is 6.43. The second-order valence-corrected chi connectivity index (χ2v) is 7.89. The first-order valence-electron chi connectivity index (χ1n) is 7.95. The van der Waals surface area contributed by atoms with Crippen molar-refractivity contribution in [2.75, 3.05) is 31.9 Å². The molecule has 1 aliphatic rings. The van der Waals surface area contributed by atoms with Gasteiger partial charge in [0.25, 0.3) is 0 Å². The van der Waals surface area contributed by atoms with Crippen LogP contribution in [0.2, 0.25) is 0 Å². The highest BCUT2D eigenvalue weighted by Crippen LogP contribution is 2.14. The minimum absolute atomic E-state index is 0.0515. The van der Waals surface area contributed by atoms with Crippen LogP contribution in [0.1, 0.15) is 25.0 Å². The number of hydrogen-bond donors (Lipinski definition) is 2. The van der Waals surface area contributed by atoms with Gasteiger partial charge in [0.15, 0.2) is 0 Å². The summed E-state index contributed by atoms with van der Waals surface area (Å²) in [7, 11) is -3.22. The lowest BCUT2D eigenvalue weighted by molar-refractivity contribution is -0.139. The normalized spacial score (nSPS) is 17.8. The number of nitrogens with zero attached hydrogens (tertiary/aromatic N) is 2. The Balaban J connectivity index is 1.73. The smallest absolute Gasteiger partial charge is 0.309 e. The third-order valence-electron chi connectivity index (χ3n) is 3.88. The second-order valence-electron chi connectivity index (χ2n) is 5.81. The molecule has 8 nitrogen and oxygen atoms in total. The lowest BCUT2D eigenvalue weighted by atomic mass is 10.1. The molecule has 0 bridgehead atoms. The summed E-state index contributed by atoms with van der Waals surface area (Å²) < 4.78 is 38.1. The maximum Gasteiger partial charge on any atom is 0.309 e. The molecule has 1 atom stereocenters. The maximum absolute atomic E-state index is 13.6. The summed E-state index contributed by atoms with van der Waals surface area (Å²) >= 11 is 0. The average molecular weight is 372 g/mol. The van der Waals surface area contributed by atoms with Crippen LogP contribution in [0.5, 0.6) is 0 Å². The molecular weight excluding hydrogens is 351 g/mol. The Morgan fingerprint density at radius 2 is 2.08 bits per heavy atom. The van der Waals surface area contributed by atoms with Crippen molar-refractivity contribution in [3.63, 3.8) is 0 Å². The summed E-state index contributed by atoms with van der Waals surface area (Å²) in [4.78, 5) is 27.4. The first-order valence-corrected chi connectivity index (χ1v) is 9.56. The molecule has 1 saturated heterocycles. The first kappa shape index (κ1) is 19.3. The summed E-state index contributed by atoms with van der Waals surface area (Å²) in [6.45, 7) is 2.35. The zero-order valence-corrected chi connectivity index (χ0v) is 14.7. The molecule has 2 amide bonds. The van der Waals surface area contributed by atoms with E-state index in [1.807, 2.05) is 0 Å². The van der Waals surface area contributed by atoms with Crippen molar-refractivity contribution in [3.8, 4) is 0 Å². The van der Waals surface area contributed by atoms with Gasteiger partial charge in [-0.25, -0.2) is 17.1 Å². The van der Waals surface area contributed by atoms with E-state index < -0.39 is 33.6 Å². The molecule has 0 aromatic carbocycles. The summed E-state index contributed by atoms with van der Waals surface area (Å²) in [6.07, 6.45) is 2.02. The molecule has 10 heteroatoms. The molecule has 25 heavy (non-hydrogen) atoms. The van der Waals surface area contributed by atoms with Crippen LogP contribution >= 0.6 is 0 Å². The van der Waals surface area contributed by atoms with Gasteiger partial charge in [-0.05, 0) is 18.6 Å². The summed E-state index contributed by atoms with van der Waals surface area (Å²) in [5, 5.41) is 4.79. The van der Waals surface area contributed by atoms with Gasteiger partial charge in [0.1, 0.15) is 5.82 Å². The largest absolute Gasteiger partial charge is 0.347 e. The molecule has 1 aromatic heterocycles. The van der Waals surface area contributed by atoms with E-state index in [1.54, 1.807) is 6.92 Å². The van der Waals surface area contributed by atoms with Gasteiger partial charge in [-0.15, -0.1) is 0 Å². The Labute approximate surface area is 145 Å². The maximum atomic E-state index is 13.6. The van der Waals surface area contributed by atoms with E-state index in [-0.39, 0.29) is 31.1 Å². The van der Waals surface area contributed by atoms with Crippen LogP contribution in [-0.2, 0) is 19.6 Å². The van der Waals surface area contributed by atoms with E-state index in [2.05, 4.69) is 15.6 Å². The fourth-order valence-electron chi connectivity index (χ4n) is 2.50. The monoisotopic (exact) mass is 372 g/mol. The van der Waals surface area contributed by atoms with Crippen LogP contribution in [-0.4, -0.2) is 61.5 Å². The van der Waals surface area contributed by atoms with Gasteiger partial charge in [0.05, 0.1) is 11.4 Å². The van der Waals surface area contributed by atoms with Gasteiger partial charge in [-0.3, -0.25) is 14.6 Å². The summed E-state index contributed by atoms with van der Waals surface area (Å²) in [5.74, 6) is -2.46. The minimum atomic E-state index is -3.22. The highest BCUT2D eigenvalue weighted by Gasteiger charge is 2.27. The third kappa shape index (κ3) is 5.20. The van der Waals surface area contributed by atoms with Crippen molar-refractivity contribution in [2.24, 2.45) is 0 Å². The third-order valence-corrected chi connectivity index (χ3v) is 5.84. The van der Waals surface area contributed by atoms with Crippen molar-refractivity contribution in [1.29, 1.82) is 0 Å². The van der Waals surface area contributed by atoms with E-state index in [0.29, 0.717) is 13.0 Å². The van der Waals surface area contributed by atoms with E-state index in [9.17, 15) is 22.4 Å². The molecule has 1 unspecified atom stereocenters. The van der Waals surface area contributed by atoms with Crippen molar-refractivity contribution < 1.29 is 22.4 Å². The van der Waals surface area contributed by atoms with Crippen LogP contribution < -0.4 is 10.6 Å². The molecule has 0 saturated carbocycles. The molecule has 2 heterocycles. The van der Waals surface area contributed by atoms with E-state index >= 15 is 0 Å². The van der Waals surface area contributed by atoms with Gasteiger partial charge in [-0.1, -0.05) is 6.92 Å². The standard InChI is InChI=1S/C15H21FN4O4S/c1-11(13-12(16)4-2-5-17-13)10-19-15(22)14(21)18-6-8-20-7-3-9-25(20,23)24/h2,4-5,11H,3,6-10H2,1H3,(H,18,21)(H,19,22). The van der Waals surface area contributed by atoms with Crippen LogP contribution in [0.25, 0.3) is 0 Å². The molecule has 2 rings (SSSR count). The Hall–Kier alpha value is -2.07. The number of carbonyl (C=O) groups is 2. The van der Waals surface area contributed by atoms with Gasteiger partial charge in [0, 0.05) is 38.3 Å². The van der Waals surface area contributed by atoms with Gasteiger partial charge in [-0.2, -0.15) is 0 Å². The highest BCUT2D eigenvalue weighted by atomic mass is 32.2. The topological polar surface area (TPSA) is 108 Å². The Morgan fingerprint density at radius 3 is 2.72 bits per heavy atom. The lowest BCUT2D eigenvalue weighted by Gasteiger charge is -2.15. The van der Waals surface area contributed by atoms with Crippen LogP contribution in [0.15, 0.2) is 18.3 Å². The molecule has 0 spiro atoms. The first-order chi connectivity index (χ1) is 11.8. The number of rotatable bonds is 6. The molecular formula is C15H21FN4O4S. The molecule has 138 valence electrons. The fraction of sp³-hybridized carbons (Fsp3) is 0.533. The van der Waals surface area contributed by atoms with Gasteiger partial charge in [0.2, 0.25) is 10.0 Å². The van der Waals surface area contributed by atoms with Crippen LogP contribution in [0.3, 0.4) is 0 Å². The molecule has 0 radical (unpaired) electrons. The van der Waals surface area contributed by atoms with Crippen molar-refractivity contribution in [2.45, 2.75) is 19.3 Å². The molecule has 1 aromatic rings. The second kappa shape index (κ2) is 8.34. The summed E-state index contributed by atoms with van der Waals surface area (Å²) in [6, 6.07) is 2.75. The number of amides is 2. The average Bonchev–Trinajstić information content (AvgIpc) is 2.91. The molecule has 1 fully saturated rings. The highest BCUT2D eigenvalue weighted by molar-refractivity contribution is 7.89. The molecule has 2 N–H and O–H groups in total. The van der Waals surface area contributed by atoms with Gasteiger partial charge < -0.3 is 10.6 Å². The van der Waals surface area contributed by atoms with Gasteiger partial charge >= 0.3 is 11.8 Å². The number of carbonyl (C=O) groups excluding carboxylic acids is 2. The minimum Gasteiger partial charge on any atom is -0.347 e. The van der Waals surface area contributed by atoms with Crippen LogP contribution in [0, 0.1) is 5.82 Å². The zero-order chi connectivity index (χ0) is 18.4. The van der Waals surface area contributed by atoms with Crippen LogP contribution in [0.4, 0.5) is 4.39 Å². The predicted molar refractivity (Wildman–Crippen MR) is 88.6 cm³/mol. The summed E-state index contributed by atoms with van der Waals surface area (Å²) in [5.41, 5.74) is 0.211. The molecule has 0 aliphatic carbocycles. The zero-order valence-electron chi connectivity index (χ0n) is 13.9. The number of aromatic nitrogens is 1. The van der Waals surface area contributed by atoms with E-state index in [1.165, 1.54) is 22.6 Å². The number of pyridine rings is 1. The Bertz CT molecular complexity index is 741. The SMILES string of the molecule is CC(CNC(=O)C(=O)NCCN1CCCS1(=O)=O)c1ncccc1F. The molecule has 1 aliphatic heterocycles. The number of halogens is 1.